The van der Waals surface area contributed by atoms with E-state index < -0.39 is 21.6 Å². The van der Waals surface area contributed by atoms with Crippen LogP contribution < -0.4 is 14.4 Å². The van der Waals surface area contributed by atoms with Gasteiger partial charge in [-0.1, -0.05) is 24.3 Å². The molecule has 4 rings (SSSR count). The Labute approximate surface area is 183 Å². The molecule has 1 N–H and O–H groups in total. The van der Waals surface area contributed by atoms with E-state index in [0.29, 0.717) is 34.2 Å². The van der Waals surface area contributed by atoms with Crippen molar-refractivity contribution in [2.24, 2.45) is 0 Å². The van der Waals surface area contributed by atoms with Gasteiger partial charge in [-0.05, 0) is 48.2 Å². The molecule has 6 nitrogen and oxygen atoms in total. The zero-order valence-electron chi connectivity index (χ0n) is 16.5. The Kier molecular flexibility index (Phi) is 5.79. The fraction of sp³-hybridized carbons (Fsp3) is 0.136. The standard InChI is InChI=1S/C22H19FN2O4S2/c1-2-29-19-6-4-3-5-17(19)24-13-20-21(26)22-18(11-12-30-22)25(31(20,27)28)14-15-7-9-16(23)10-8-15/h3-13,24H,2,14H2,1H3. The number of carbonyl (C=O) groups is 1. The number of halogens is 1. The number of nitrogens with one attached hydrogen (secondary N) is 1. The number of thiophene rings is 1. The second-order valence-electron chi connectivity index (χ2n) is 6.68. The zero-order chi connectivity index (χ0) is 22.0. The lowest BCUT2D eigenvalue weighted by Gasteiger charge is -2.29. The fourth-order valence-corrected chi connectivity index (χ4v) is 5.71. The van der Waals surface area contributed by atoms with Gasteiger partial charge >= 0.3 is 0 Å². The van der Waals surface area contributed by atoms with E-state index in [0.717, 1.165) is 0 Å². The van der Waals surface area contributed by atoms with Crippen LogP contribution in [0.5, 0.6) is 5.75 Å². The van der Waals surface area contributed by atoms with Gasteiger partial charge in [-0.25, -0.2) is 12.8 Å². The molecule has 1 aromatic heterocycles. The SMILES string of the molecule is CCOc1ccccc1NC=C1C(=O)c2sccc2N(Cc2ccc(F)cc2)S1(=O)=O. The maximum absolute atomic E-state index is 13.4. The van der Waals surface area contributed by atoms with Gasteiger partial charge in [-0.3, -0.25) is 9.10 Å². The summed E-state index contributed by atoms with van der Waals surface area (Å²) in [6.45, 7) is 2.26. The van der Waals surface area contributed by atoms with E-state index in [9.17, 15) is 17.6 Å². The summed E-state index contributed by atoms with van der Waals surface area (Å²) in [7, 11) is -4.15. The first kappa shape index (κ1) is 21.1. The molecule has 0 aliphatic carbocycles. The first-order valence-electron chi connectivity index (χ1n) is 9.49. The number of sulfonamides is 1. The summed E-state index contributed by atoms with van der Waals surface area (Å²) in [6.07, 6.45) is 1.20. The molecule has 1 aliphatic heterocycles. The fourth-order valence-electron chi connectivity index (χ4n) is 3.22. The summed E-state index contributed by atoms with van der Waals surface area (Å²) in [4.78, 5) is 13.0. The van der Waals surface area contributed by atoms with Crippen LogP contribution in [0.25, 0.3) is 0 Å². The molecule has 2 aromatic carbocycles. The van der Waals surface area contributed by atoms with Crippen LogP contribution in [0.15, 0.2) is 71.1 Å². The number of ether oxygens (including phenoxy) is 1. The Balaban J connectivity index is 1.73. The largest absolute Gasteiger partial charge is 0.492 e. The molecule has 2 heterocycles. The second kappa shape index (κ2) is 8.52. The average molecular weight is 459 g/mol. The molecule has 31 heavy (non-hydrogen) atoms. The molecule has 0 saturated carbocycles. The first-order valence-corrected chi connectivity index (χ1v) is 11.8. The summed E-state index contributed by atoms with van der Waals surface area (Å²) >= 11 is 1.18. The van der Waals surface area contributed by atoms with Crippen molar-refractivity contribution in [2.45, 2.75) is 13.5 Å². The second-order valence-corrected chi connectivity index (χ2v) is 9.43. The van der Waals surface area contributed by atoms with Crippen molar-refractivity contribution < 1.29 is 22.3 Å². The third-order valence-electron chi connectivity index (χ3n) is 4.70. The Morgan fingerprint density at radius 2 is 1.87 bits per heavy atom. The molecule has 0 unspecified atom stereocenters. The summed E-state index contributed by atoms with van der Waals surface area (Å²) in [5.41, 5.74) is 1.47. The van der Waals surface area contributed by atoms with Gasteiger partial charge in [0, 0.05) is 6.20 Å². The number of para-hydroxylation sites is 2. The maximum atomic E-state index is 13.4. The molecule has 0 spiro atoms. The van der Waals surface area contributed by atoms with Crippen molar-refractivity contribution in [3.63, 3.8) is 0 Å². The van der Waals surface area contributed by atoms with Crippen LogP contribution in [0.2, 0.25) is 0 Å². The van der Waals surface area contributed by atoms with Gasteiger partial charge in [-0.15, -0.1) is 11.3 Å². The minimum absolute atomic E-state index is 0.0213. The summed E-state index contributed by atoms with van der Waals surface area (Å²) in [6, 6.07) is 14.2. The number of benzene rings is 2. The predicted octanol–water partition coefficient (Wildman–Crippen LogP) is 4.77. The highest BCUT2D eigenvalue weighted by Crippen LogP contribution is 2.39. The van der Waals surface area contributed by atoms with Gasteiger partial charge in [0.25, 0.3) is 10.0 Å². The van der Waals surface area contributed by atoms with Crippen molar-refractivity contribution in [1.29, 1.82) is 0 Å². The van der Waals surface area contributed by atoms with Gasteiger partial charge in [-0.2, -0.15) is 0 Å². The summed E-state index contributed by atoms with van der Waals surface area (Å²) in [5.74, 6) is -0.432. The maximum Gasteiger partial charge on any atom is 0.270 e. The van der Waals surface area contributed by atoms with Gasteiger partial charge in [0.15, 0.2) is 4.91 Å². The Morgan fingerprint density at radius 1 is 1.13 bits per heavy atom. The predicted molar refractivity (Wildman–Crippen MR) is 119 cm³/mol. The molecule has 0 fully saturated rings. The third-order valence-corrected chi connectivity index (χ3v) is 7.36. The van der Waals surface area contributed by atoms with E-state index in [4.69, 9.17) is 4.74 Å². The number of carbonyl (C=O) groups excluding carboxylic acids is 1. The quantitative estimate of drug-likeness (QED) is 0.539. The van der Waals surface area contributed by atoms with Crippen LogP contribution in [-0.4, -0.2) is 20.8 Å². The normalized spacial score (nSPS) is 16.3. The van der Waals surface area contributed by atoms with E-state index in [-0.39, 0.29) is 11.4 Å². The van der Waals surface area contributed by atoms with Crippen molar-refractivity contribution >= 4 is 38.5 Å². The number of rotatable bonds is 6. The molecular weight excluding hydrogens is 439 g/mol. The molecular formula is C22H19FN2O4S2. The average Bonchev–Trinajstić information content (AvgIpc) is 3.23. The van der Waals surface area contributed by atoms with Crippen molar-refractivity contribution in [3.8, 4) is 5.75 Å². The first-order chi connectivity index (χ1) is 14.9. The number of ketones is 1. The van der Waals surface area contributed by atoms with Crippen molar-refractivity contribution in [2.75, 3.05) is 16.2 Å². The molecule has 160 valence electrons. The molecule has 0 amide bonds. The van der Waals surface area contributed by atoms with Crippen LogP contribution in [0.3, 0.4) is 0 Å². The number of fused-ring (bicyclic) bond motifs is 1. The summed E-state index contributed by atoms with van der Waals surface area (Å²) in [5, 5.41) is 4.59. The molecule has 0 saturated heterocycles. The molecule has 9 heteroatoms. The highest BCUT2D eigenvalue weighted by molar-refractivity contribution is 7.97. The van der Waals surface area contributed by atoms with Crippen LogP contribution in [0, 0.1) is 5.82 Å². The minimum Gasteiger partial charge on any atom is -0.492 e. The van der Waals surface area contributed by atoms with Crippen molar-refractivity contribution in [3.05, 3.63) is 87.3 Å². The third kappa shape index (κ3) is 4.06. The zero-order valence-corrected chi connectivity index (χ0v) is 18.2. The molecule has 0 bridgehead atoms. The smallest absolute Gasteiger partial charge is 0.270 e. The lowest BCUT2D eigenvalue weighted by atomic mass is 10.2. The van der Waals surface area contributed by atoms with Gasteiger partial charge in [0.05, 0.1) is 24.5 Å². The van der Waals surface area contributed by atoms with Gasteiger partial charge in [0.2, 0.25) is 5.78 Å². The van der Waals surface area contributed by atoms with Crippen LogP contribution in [0.1, 0.15) is 22.2 Å². The highest BCUT2D eigenvalue weighted by Gasteiger charge is 2.41. The molecule has 1 aliphatic rings. The van der Waals surface area contributed by atoms with E-state index in [2.05, 4.69) is 5.32 Å². The number of allylic oxidation sites excluding steroid dienone is 1. The van der Waals surface area contributed by atoms with Gasteiger partial charge in [0.1, 0.15) is 16.4 Å². The van der Waals surface area contributed by atoms with Crippen LogP contribution in [-0.2, 0) is 16.6 Å². The lowest BCUT2D eigenvalue weighted by molar-refractivity contribution is 0.104. The van der Waals surface area contributed by atoms with E-state index in [1.165, 1.54) is 46.1 Å². The Morgan fingerprint density at radius 3 is 2.61 bits per heavy atom. The summed E-state index contributed by atoms with van der Waals surface area (Å²) < 4.78 is 46.8. The lowest BCUT2D eigenvalue weighted by Crippen LogP contribution is -2.38. The van der Waals surface area contributed by atoms with Crippen molar-refractivity contribution in [1.82, 2.24) is 0 Å². The number of hydrogen-bond acceptors (Lipinski definition) is 6. The number of anilines is 2. The monoisotopic (exact) mass is 458 g/mol. The molecule has 0 atom stereocenters. The Hall–Kier alpha value is -3.17. The van der Waals surface area contributed by atoms with Gasteiger partial charge < -0.3 is 10.1 Å². The molecule has 3 aromatic rings. The minimum atomic E-state index is -4.15. The van der Waals surface area contributed by atoms with E-state index in [1.54, 1.807) is 35.7 Å². The molecule has 0 radical (unpaired) electrons. The van der Waals surface area contributed by atoms with E-state index in [1.807, 2.05) is 6.92 Å². The number of nitrogens with zero attached hydrogens (tertiary/aromatic N) is 1. The number of hydrogen-bond donors (Lipinski definition) is 1. The topological polar surface area (TPSA) is 75.7 Å². The highest BCUT2D eigenvalue weighted by atomic mass is 32.2. The number of Topliss-reactive ketones (excluding diaryl/α,β-unsaturated/α-hetero) is 1. The Bertz CT molecular complexity index is 1250. The van der Waals surface area contributed by atoms with Crippen LogP contribution in [0.4, 0.5) is 15.8 Å². The van der Waals surface area contributed by atoms with E-state index >= 15 is 0 Å². The van der Waals surface area contributed by atoms with Crippen LogP contribution >= 0.6 is 11.3 Å².